The second-order valence-corrected chi connectivity index (χ2v) is 5.55. The van der Waals surface area contributed by atoms with Crippen LogP contribution in [0.15, 0.2) is 18.2 Å². The topological polar surface area (TPSA) is 21.3 Å². The molecule has 0 fully saturated rings. The van der Waals surface area contributed by atoms with Crippen molar-refractivity contribution < 1.29 is 4.74 Å². The number of nitrogens with one attached hydrogen (secondary N) is 1. The molecule has 0 bridgehead atoms. The number of allylic oxidation sites excluding steroid dienone is 1. The van der Waals surface area contributed by atoms with Gasteiger partial charge in [-0.15, -0.1) is 0 Å². The van der Waals surface area contributed by atoms with Gasteiger partial charge < -0.3 is 10.1 Å². The fourth-order valence-electron chi connectivity index (χ4n) is 2.15. The quantitative estimate of drug-likeness (QED) is 0.834. The van der Waals surface area contributed by atoms with Crippen LogP contribution in [0.5, 0.6) is 5.75 Å². The Balaban J connectivity index is 2.49. The summed E-state index contributed by atoms with van der Waals surface area (Å²) < 4.78 is 6.11. The Bertz CT molecular complexity index is 474. The van der Waals surface area contributed by atoms with Crippen LogP contribution in [0.25, 0.3) is 6.08 Å². The van der Waals surface area contributed by atoms with Crippen LogP contribution < -0.4 is 10.1 Å². The van der Waals surface area contributed by atoms with Crippen LogP contribution in [0.3, 0.4) is 0 Å². The number of anilines is 1. The molecule has 0 saturated heterocycles. The van der Waals surface area contributed by atoms with Crippen LogP contribution >= 0.6 is 0 Å². The number of hydrogen-bond donors (Lipinski definition) is 1. The molecule has 1 aromatic rings. The monoisotopic (exact) mass is 245 g/mol. The van der Waals surface area contributed by atoms with Crippen molar-refractivity contribution in [2.24, 2.45) is 0 Å². The Labute approximate surface area is 110 Å². The second kappa shape index (κ2) is 4.68. The van der Waals surface area contributed by atoms with Crippen molar-refractivity contribution in [1.29, 1.82) is 0 Å². The molecule has 98 valence electrons. The molecule has 1 atom stereocenters. The maximum atomic E-state index is 6.11. The zero-order chi connectivity index (χ0) is 13.3. The summed E-state index contributed by atoms with van der Waals surface area (Å²) in [4.78, 5) is 0. The maximum Gasteiger partial charge on any atom is 0.143 e. The van der Waals surface area contributed by atoms with E-state index < -0.39 is 0 Å². The molecular weight excluding hydrogens is 222 g/mol. The van der Waals surface area contributed by atoms with E-state index in [4.69, 9.17) is 4.74 Å². The molecule has 0 aromatic heterocycles. The normalized spacial score (nSPS) is 21.3. The average molecular weight is 245 g/mol. The predicted molar refractivity (Wildman–Crippen MR) is 78.3 cm³/mol. The van der Waals surface area contributed by atoms with Crippen molar-refractivity contribution in [3.05, 3.63) is 29.3 Å². The number of benzene rings is 1. The Morgan fingerprint density at radius 3 is 2.78 bits per heavy atom. The van der Waals surface area contributed by atoms with Gasteiger partial charge in [0.15, 0.2) is 0 Å². The van der Waals surface area contributed by atoms with Crippen LogP contribution in [0.4, 0.5) is 5.69 Å². The number of hydrogen-bond acceptors (Lipinski definition) is 2. The molecule has 1 aliphatic rings. The summed E-state index contributed by atoms with van der Waals surface area (Å²) in [7, 11) is 0. The number of fused-ring (bicyclic) bond motifs is 1. The van der Waals surface area contributed by atoms with Crippen LogP contribution in [0.1, 0.15) is 45.2 Å². The standard InChI is InChI=1S/C16H23NO/c1-6-7-8-13-11(2)9-10-14-15(13)17-12(3)16(4,5)18-14/h7-10,12,17H,6H2,1-5H3/b8-7-. The zero-order valence-electron chi connectivity index (χ0n) is 12.0. The highest BCUT2D eigenvalue weighted by Gasteiger charge is 2.34. The minimum absolute atomic E-state index is 0.173. The molecule has 0 amide bonds. The zero-order valence-corrected chi connectivity index (χ0v) is 12.0. The van der Waals surface area contributed by atoms with Gasteiger partial charge in [-0.05, 0) is 45.7 Å². The average Bonchev–Trinajstić information content (AvgIpc) is 2.30. The lowest BCUT2D eigenvalue weighted by molar-refractivity contribution is 0.0843. The van der Waals surface area contributed by atoms with Gasteiger partial charge in [0.25, 0.3) is 0 Å². The summed E-state index contributed by atoms with van der Waals surface area (Å²) in [6, 6.07) is 4.48. The highest BCUT2D eigenvalue weighted by Crippen LogP contribution is 2.40. The van der Waals surface area contributed by atoms with Crippen molar-refractivity contribution in [1.82, 2.24) is 0 Å². The fourth-order valence-corrected chi connectivity index (χ4v) is 2.15. The molecule has 2 heteroatoms. The van der Waals surface area contributed by atoms with E-state index in [0.717, 1.165) is 17.9 Å². The minimum atomic E-state index is -0.173. The Hall–Kier alpha value is -1.44. The van der Waals surface area contributed by atoms with E-state index in [0.29, 0.717) is 6.04 Å². The third kappa shape index (κ3) is 2.24. The summed E-state index contributed by atoms with van der Waals surface area (Å²) in [6.45, 7) is 10.7. The third-order valence-electron chi connectivity index (χ3n) is 3.72. The van der Waals surface area contributed by atoms with Gasteiger partial charge in [0.1, 0.15) is 11.4 Å². The molecular formula is C16H23NO. The van der Waals surface area contributed by atoms with Crippen molar-refractivity contribution in [2.45, 2.75) is 52.7 Å². The first kappa shape index (κ1) is 13.0. The van der Waals surface area contributed by atoms with E-state index in [1.807, 2.05) is 0 Å². The molecule has 0 spiro atoms. The van der Waals surface area contributed by atoms with Crippen molar-refractivity contribution in [3.8, 4) is 5.75 Å². The summed E-state index contributed by atoms with van der Waals surface area (Å²) >= 11 is 0. The molecule has 2 nitrogen and oxygen atoms in total. The molecule has 0 radical (unpaired) electrons. The number of ether oxygens (including phenoxy) is 1. The van der Waals surface area contributed by atoms with E-state index in [1.165, 1.54) is 11.1 Å². The van der Waals surface area contributed by atoms with Crippen molar-refractivity contribution in [2.75, 3.05) is 5.32 Å². The van der Waals surface area contributed by atoms with Gasteiger partial charge in [-0.3, -0.25) is 0 Å². The van der Waals surface area contributed by atoms with Gasteiger partial charge in [-0.1, -0.05) is 25.1 Å². The third-order valence-corrected chi connectivity index (χ3v) is 3.72. The van der Waals surface area contributed by atoms with Crippen LogP contribution in [-0.2, 0) is 0 Å². The molecule has 1 heterocycles. The Kier molecular flexibility index (Phi) is 3.38. The van der Waals surface area contributed by atoms with Crippen LogP contribution in [0.2, 0.25) is 0 Å². The van der Waals surface area contributed by atoms with E-state index in [9.17, 15) is 0 Å². The van der Waals surface area contributed by atoms with Gasteiger partial charge in [0.2, 0.25) is 0 Å². The largest absolute Gasteiger partial charge is 0.484 e. The molecule has 1 unspecified atom stereocenters. The van der Waals surface area contributed by atoms with Gasteiger partial charge in [-0.2, -0.15) is 0 Å². The van der Waals surface area contributed by atoms with Crippen LogP contribution in [-0.4, -0.2) is 11.6 Å². The van der Waals surface area contributed by atoms with Gasteiger partial charge in [-0.25, -0.2) is 0 Å². The van der Waals surface area contributed by atoms with Gasteiger partial charge >= 0.3 is 0 Å². The van der Waals surface area contributed by atoms with E-state index in [-0.39, 0.29) is 5.60 Å². The molecule has 2 rings (SSSR count). The summed E-state index contributed by atoms with van der Waals surface area (Å²) in [5.74, 6) is 0.958. The fraction of sp³-hybridized carbons (Fsp3) is 0.500. The number of rotatable bonds is 2. The van der Waals surface area contributed by atoms with Gasteiger partial charge in [0.05, 0.1) is 11.7 Å². The molecule has 18 heavy (non-hydrogen) atoms. The highest BCUT2D eigenvalue weighted by molar-refractivity contribution is 5.76. The summed E-state index contributed by atoms with van der Waals surface area (Å²) in [6.07, 6.45) is 5.43. The van der Waals surface area contributed by atoms with Crippen molar-refractivity contribution in [3.63, 3.8) is 0 Å². The smallest absolute Gasteiger partial charge is 0.143 e. The molecule has 0 aliphatic carbocycles. The van der Waals surface area contributed by atoms with Crippen LogP contribution in [0, 0.1) is 6.92 Å². The first-order valence-electron chi connectivity index (χ1n) is 6.71. The summed E-state index contributed by atoms with van der Waals surface area (Å²) in [5, 5.41) is 3.59. The Morgan fingerprint density at radius 2 is 2.11 bits per heavy atom. The molecule has 0 saturated carbocycles. The van der Waals surface area contributed by atoms with Gasteiger partial charge in [0, 0.05) is 5.56 Å². The molecule has 1 aliphatic heterocycles. The molecule has 1 aromatic carbocycles. The minimum Gasteiger partial charge on any atom is -0.484 e. The van der Waals surface area contributed by atoms with Crippen molar-refractivity contribution >= 4 is 11.8 Å². The lowest BCUT2D eigenvalue weighted by Gasteiger charge is -2.40. The lowest BCUT2D eigenvalue weighted by atomic mass is 9.95. The first-order chi connectivity index (χ1) is 8.45. The number of aryl methyl sites for hydroxylation is 1. The first-order valence-corrected chi connectivity index (χ1v) is 6.71. The lowest BCUT2D eigenvalue weighted by Crippen LogP contribution is -2.48. The molecule has 1 N–H and O–H groups in total. The maximum absolute atomic E-state index is 6.11. The summed E-state index contributed by atoms with van der Waals surface area (Å²) in [5.41, 5.74) is 3.48. The SMILES string of the molecule is CC/C=C\c1c(C)ccc2c1NC(C)C(C)(C)O2. The Morgan fingerprint density at radius 1 is 1.39 bits per heavy atom. The van der Waals surface area contributed by atoms with E-state index in [2.05, 4.69) is 64.2 Å². The highest BCUT2D eigenvalue weighted by atomic mass is 16.5. The van der Waals surface area contributed by atoms with E-state index in [1.54, 1.807) is 0 Å². The second-order valence-electron chi connectivity index (χ2n) is 5.55. The van der Waals surface area contributed by atoms with E-state index >= 15 is 0 Å². The predicted octanol–water partition coefficient (Wildman–Crippen LogP) is 4.39.